The molecule has 0 bridgehead atoms. The van der Waals surface area contributed by atoms with Crippen LogP contribution >= 0.6 is 22.7 Å². The zero-order valence-corrected chi connectivity index (χ0v) is 15.4. The van der Waals surface area contributed by atoms with Crippen LogP contribution in [0.15, 0.2) is 24.3 Å². The highest BCUT2D eigenvalue weighted by Gasteiger charge is 2.26. The molecule has 7 heteroatoms. The molecule has 0 spiro atoms. The van der Waals surface area contributed by atoms with E-state index in [1.54, 1.807) is 7.05 Å². The summed E-state index contributed by atoms with van der Waals surface area (Å²) < 4.78 is 0.977. The summed E-state index contributed by atoms with van der Waals surface area (Å²) >= 11 is 2.88. The maximum absolute atomic E-state index is 12.7. The number of para-hydroxylation sites is 1. The van der Waals surface area contributed by atoms with Crippen LogP contribution in [0.2, 0.25) is 0 Å². The maximum Gasteiger partial charge on any atom is 0.285 e. The molecular formula is C18H17N3O2S2. The molecule has 1 aliphatic rings. The van der Waals surface area contributed by atoms with Crippen LogP contribution in [0, 0.1) is 0 Å². The van der Waals surface area contributed by atoms with Gasteiger partial charge in [-0.1, -0.05) is 12.1 Å². The van der Waals surface area contributed by atoms with Crippen LogP contribution in [0.3, 0.4) is 0 Å². The van der Waals surface area contributed by atoms with Gasteiger partial charge < -0.3 is 10.6 Å². The van der Waals surface area contributed by atoms with Crippen LogP contribution in [0.4, 0.5) is 5.00 Å². The van der Waals surface area contributed by atoms with Gasteiger partial charge in [-0.15, -0.1) is 22.7 Å². The van der Waals surface area contributed by atoms with E-state index in [1.807, 2.05) is 24.3 Å². The molecule has 0 aliphatic heterocycles. The minimum Gasteiger partial charge on any atom is -0.355 e. The Balaban J connectivity index is 1.68. The number of thiophene rings is 1. The Hall–Kier alpha value is -2.25. The lowest BCUT2D eigenvalue weighted by atomic mass is 9.95. The van der Waals surface area contributed by atoms with E-state index in [-0.39, 0.29) is 11.8 Å². The van der Waals surface area contributed by atoms with Crippen molar-refractivity contribution in [1.29, 1.82) is 0 Å². The third kappa shape index (κ3) is 2.94. The van der Waals surface area contributed by atoms with E-state index in [1.165, 1.54) is 27.6 Å². The summed E-state index contributed by atoms with van der Waals surface area (Å²) in [4.78, 5) is 30.6. The molecule has 0 saturated carbocycles. The van der Waals surface area contributed by atoms with Gasteiger partial charge in [0.25, 0.3) is 11.8 Å². The monoisotopic (exact) mass is 371 g/mol. The Labute approximate surface area is 153 Å². The average Bonchev–Trinajstić information content (AvgIpc) is 3.22. The lowest BCUT2D eigenvalue weighted by molar-refractivity contribution is 0.0963. The third-order valence-electron chi connectivity index (χ3n) is 4.34. The van der Waals surface area contributed by atoms with Crippen molar-refractivity contribution in [3.8, 4) is 0 Å². The second kappa shape index (κ2) is 6.57. The van der Waals surface area contributed by atoms with Gasteiger partial charge in [-0.05, 0) is 43.4 Å². The van der Waals surface area contributed by atoms with Crippen molar-refractivity contribution in [3.05, 3.63) is 45.3 Å². The number of nitrogens with one attached hydrogen (secondary N) is 2. The summed E-state index contributed by atoms with van der Waals surface area (Å²) in [6.07, 6.45) is 4.08. The Morgan fingerprint density at radius 1 is 1.08 bits per heavy atom. The summed E-state index contributed by atoms with van der Waals surface area (Å²) in [5, 5.41) is 6.67. The molecule has 128 valence electrons. The van der Waals surface area contributed by atoms with Crippen molar-refractivity contribution in [2.24, 2.45) is 0 Å². The first-order valence-electron chi connectivity index (χ1n) is 8.21. The molecular weight excluding hydrogens is 354 g/mol. The summed E-state index contributed by atoms with van der Waals surface area (Å²) in [6.45, 7) is 0. The van der Waals surface area contributed by atoms with E-state index in [0.29, 0.717) is 15.6 Å². The zero-order valence-electron chi connectivity index (χ0n) is 13.7. The number of fused-ring (bicyclic) bond motifs is 2. The number of aryl methyl sites for hydroxylation is 1. The van der Waals surface area contributed by atoms with Gasteiger partial charge >= 0.3 is 0 Å². The lowest BCUT2D eigenvalue weighted by Gasteiger charge is -2.12. The number of carbonyl (C=O) groups excluding carboxylic acids is 2. The molecule has 0 fully saturated rings. The number of carbonyl (C=O) groups is 2. The number of thiazole rings is 1. The van der Waals surface area contributed by atoms with E-state index in [0.717, 1.165) is 41.5 Å². The molecule has 1 aliphatic carbocycles. The lowest BCUT2D eigenvalue weighted by Crippen LogP contribution is -2.22. The van der Waals surface area contributed by atoms with E-state index < -0.39 is 0 Å². The van der Waals surface area contributed by atoms with E-state index in [9.17, 15) is 9.59 Å². The number of hydrogen-bond donors (Lipinski definition) is 2. The number of hydrogen-bond acceptors (Lipinski definition) is 5. The third-order valence-corrected chi connectivity index (χ3v) is 6.58. The van der Waals surface area contributed by atoms with Crippen LogP contribution in [-0.4, -0.2) is 23.8 Å². The smallest absolute Gasteiger partial charge is 0.285 e. The number of benzene rings is 1. The fraction of sp³-hybridized carbons (Fsp3) is 0.278. The van der Waals surface area contributed by atoms with E-state index in [2.05, 4.69) is 15.6 Å². The minimum absolute atomic E-state index is 0.140. The highest BCUT2D eigenvalue weighted by Crippen LogP contribution is 2.38. The van der Waals surface area contributed by atoms with Gasteiger partial charge in [0, 0.05) is 11.9 Å². The molecule has 0 radical (unpaired) electrons. The van der Waals surface area contributed by atoms with E-state index >= 15 is 0 Å². The molecule has 0 atom stereocenters. The van der Waals surface area contributed by atoms with Gasteiger partial charge in [0.2, 0.25) is 0 Å². The van der Waals surface area contributed by atoms with Crippen molar-refractivity contribution < 1.29 is 9.59 Å². The minimum atomic E-state index is -0.259. The number of rotatable bonds is 3. The topological polar surface area (TPSA) is 71.1 Å². The van der Waals surface area contributed by atoms with E-state index in [4.69, 9.17) is 0 Å². The SMILES string of the molecule is CNC(=O)c1c(NC(=O)c2nc3ccccc3s2)sc2c1CCCC2. The van der Waals surface area contributed by atoms with Crippen LogP contribution in [0.25, 0.3) is 10.2 Å². The Morgan fingerprint density at radius 3 is 2.68 bits per heavy atom. The number of nitrogens with zero attached hydrogens (tertiary/aromatic N) is 1. The normalized spacial score (nSPS) is 13.5. The fourth-order valence-electron chi connectivity index (χ4n) is 3.15. The van der Waals surface area contributed by atoms with Crippen molar-refractivity contribution >= 4 is 49.7 Å². The fourth-order valence-corrected chi connectivity index (χ4v) is 5.29. The second-order valence-electron chi connectivity index (χ2n) is 5.94. The molecule has 3 aromatic rings. The number of anilines is 1. The standard InChI is InChI=1S/C18H17N3O2S2/c1-19-15(22)14-10-6-2-4-8-12(10)24-17(14)21-16(23)18-20-11-7-3-5-9-13(11)25-18/h3,5,7,9H,2,4,6,8H2,1H3,(H,19,22)(H,21,23). The van der Waals surface area contributed by atoms with Crippen molar-refractivity contribution in [1.82, 2.24) is 10.3 Å². The maximum atomic E-state index is 12.7. The number of amides is 2. The Bertz CT molecular complexity index is 941. The molecule has 1 aromatic carbocycles. The summed E-state index contributed by atoms with van der Waals surface area (Å²) in [5.74, 6) is -0.399. The molecule has 25 heavy (non-hydrogen) atoms. The predicted octanol–water partition coefficient (Wildman–Crippen LogP) is 3.85. The first-order valence-corrected chi connectivity index (χ1v) is 9.84. The Kier molecular flexibility index (Phi) is 4.27. The highest BCUT2D eigenvalue weighted by molar-refractivity contribution is 7.20. The van der Waals surface area contributed by atoms with Crippen LogP contribution < -0.4 is 10.6 Å². The molecule has 0 unspecified atom stereocenters. The van der Waals surface area contributed by atoms with Crippen molar-refractivity contribution in [2.75, 3.05) is 12.4 Å². The van der Waals surface area contributed by atoms with Gasteiger partial charge in [0.1, 0.15) is 5.00 Å². The summed E-state index contributed by atoms with van der Waals surface area (Å²) in [7, 11) is 1.62. The second-order valence-corrected chi connectivity index (χ2v) is 8.07. The summed E-state index contributed by atoms with van der Waals surface area (Å²) in [5.41, 5.74) is 2.53. The molecule has 2 aromatic heterocycles. The van der Waals surface area contributed by atoms with Gasteiger partial charge in [-0.2, -0.15) is 0 Å². The molecule has 0 saturated heterocycles. The molecule has 2 heterocycles. The molecule has 5 nitrogen and oxygen atoms in total. The Morgan fingerprint density at radius 2 is 1.88 bits per heavy atom. The number of aromatic nitrogens is 1. The molecule has 4 rings (SSSR count). The van der Waals surface area contributed by atoms with Gasteiger partial charge in [-0.25, -0.2) is 4.98 Å². The van der Waals surface area contributed by atoms with Gasteiger partial charge in [-0.3, -0.25) is 9.59 Å². The highest BCUT2D eigenvalue weighted by atomic mass is 32.1. The molecule has 2 N–H and O–H groups in total. The van der Waals surface area contributed by atoms with Gasteiger partial charge in [0.15, 0.2) is 5.01 Å². The predicted molar refractivity (Wildman–Crippen MR) is 102 cm³/mol. The quantitative estimate of drug-likeness (QED) is 0.735. The van der Waals surface area contributed by atoms with Crippen molar-refractivity contribution in [2.45, 2.75) is 25.7 Å². The molecule has 2 amide bonds. The van der Waals surface area contributed by atoms with Crippen LogP contribution in [-0.2, 0) is 12.8 Å². The van der Waals surface area contributed by atoms with Crippen LogP contribution in [0.5, 0.6) is 0 Å². The average molecular weight is 371 g/mol. The zero-order chi connectivity index (χ0) is 17.4. The van der Waals surface area contributed by atoms with Crippen LogP contribution in [0.1, 0.15) is 43.4 Å². The first-order chi connectivity index (χ1) is 12.2. The largest absolute Gasteiger partial charge is 0.355 e. The van der Waals surface area contributed by atoms with Gasteiger partial charge in [0.05, 0.1) is 15.8 Å². The van der Waals surface area contributed by atoms with Crippen molar-refractivity contribution in [3.63, 3.8) is 0 Å². The first kappa shape index (κ1) is 16.2. The summed E-state index contributed by atoms with van der Waals surface area (Å²) in [6, 6.07) is 7.67.